The van der Waals surface area contributed by atoms with Crippen LogP contribution in [0.5, 0.6) is 0 Å². The van der Waals surface area contributed by atoms with Crippen molar-refractivity contribution in [1.82, 2.24) is 0 Å². The molecule has 1 unspecified atom stereocenters. The molecule has 0 aromatic carbocycles. The molecule has 0 rings (SSSR count). The summed E-state index contributed by atoms with van der Waals surface area (Å²) in [6, 6.07) is 0. The van der Waals surface area contributed by atoms with Gasteiger partial charge in [0.1, 0.15) is 0 Å². The molecule has 4 heteroatoms. The summed E-state index contributed by atoms with van der Waals surface area (Å²) >= 11 is 0. The van der Waals surface area contributed by atoms with Gasteiger partial charge in [-0.2, -0.15) is 0 Å². The molecular formula is C22H42O4. The van der Waals surface area contributed by atoms with Gasteiger partial charge in [0.05, 0.1) is 12.0 Å². The van der Waals surface area contributed by atoms with E-state index in [1.54, 1.807) is 0 Å². The number of carboxylic acid groups (broad SMARTS) is 1. The number of allylic oxidation sites excluding steroid dienone is 1. The average Bonchev–Trinajstić information content (AvgIpc) is 2.62. The van der Waals surface area contributed by atoms with Crippen LogP contribution in [0.3, 0.4) is 0 Å². The third-order valence-corrected chi connectivity index (χ3v) is 4.95. The highest BCUT2D eigenvalue weighted by atomic mass is 16.4. The Morgan fingerprint density at radius 3 is 2.12 bits per heavy atom. The predicted molar refractivity (Wildman–Crippen MR) is 108 cm³/mol. The minimum Gasteiger partial charge on any atom is -0.481 e. The van der Waals surface area contributed by atoms with Crippen molar-refractivity contribution in [2.75, 3.05) is 6.61 Å². The van der Waals surface area contributed by atoms with E-state index in [1.165, 1.54) is 19.3 Å². The van der Waals surface area contributed by atoms with Crippen LogP contribution in [-0.4, -0.2) is 34.0 Å². The molecular weight excluding hydrogens is 328 g/mol. The highest BCUT2D eigenvalue weighted by molar-refractivity contribution is 5.69. The van der Waals surface area contributed by atoms with Crippen molar-refractivity contribution in [3.63, 3.8) is 0 Å². The molecule has 2 atom stereocenters. The Bertz CT molecular complexity index is 341. The molecule has 0 saturated carbocycles. The molecule has 0 spiro atoms. The van der Waals surface area contributed by atoms with Gasteiger partial charge in [0.15, 0.2) is 0 Å². The van der Waals surface area contributed by atoms with Gasteiger partial charge < -0.3 is 15.3 Å². The van der Waals surface area contributed by atoms with Crippen molar-refractivity contribution in [2.45, 2.75) is 109 Å². The van der Waals surface area contributed by atoms with Gasteiger partial charge in [-0.1, -0.05) is 70.4 Å². The zero-order chi connectivity index (χ0) is 19.5. The highest BCUT2D eigenvalue weighted by Gasteiger charge is 2.15. The molecule has 0 fully saturated rings. The van der Waals surface area contributed by atoms with Crippen LogP contribution in [0, 0.1) is 5.92 Å². The number of carboxylic acids is 1. The van der Waals surface area contributed by atoms with Gasteiger partial charge in [-0.15, -0.1) is 0 Å². The maximum atomic E-state index is 11.2. The van der Waals surface area contributed by atoms with Crippen LogP contribution in [0.1, 0.15) is 103 Å². The molecule has 0 amide bonds. The van der Waals surface area contributed by atoms with E-state index in [-0.39, 0.29) is 18.6 Å². The number of aliphatic carboxylic acids is 1. The molecule has 0 aromatic heterocycles. The third kappa shape index (κ3) is 16.6. The van der Waals surface area contributed by atoms with E-state index in [1.807, 2.05) is 0 Å². The first-order valence-corrected chi connectivity index (χ1v) is 10.8. The number of aliphatic hydroxyl groups is 2. The molecule has 154 valence electrons. The molecule has 0 aliphatic rings. The Kier molecular flexibility index (Phi) is 18.3. The van der Waals surface area contributed by atoms with E-state index in [0.29, 0.717) is 12.8 Å². The van der Waals surface area contributed by atoms with Crippen LogP contribution < -0.4 is 0 Å². The van der Waals surface area contributed by atoms with Crippen LogP contribution in [0.2, 0.25) is 0 Å². The van der Waals surface area contributed by atoms with Gasteiger partial charge in [0.2, 0.25) is 0 Å². The summed E-state index contributed by atoms with van der Waals surface area (Å²) in [6.07, 6.45) is 18.9. The monoisotopic (exact) mass is 370 g/mol. The predicted octanol–water partition coefficient (Wildman–Crippen LogP) is 5.47. The van der Waals surface area contributed by atoms with Crippen LogP contribution in [0.15, 0.2) is 12.2 Å². The summed E-state index contributed by atoms with van der Waals surface area (Å²) in [5, 5.41) is 27.9. The van der Waals surface area contributed by atoms with Crippen LogP contribution >= 0.6 is 0 Å². The second kappa shape index (κ2) is 18.9. The first-order valence-electron chi connectivity index (χ1n) is 10.8. The molecule has 0 aromatic rings. The average molecular weight is 371 g/mol. The van der Waals surface area contributed by atoms with Crippen molar-refractivity contribution < 1.29 is 20.1 Å². The number of unbranched alkanes of at least 4 members (excludes halogenated alkanes) is 8. The van der Waals surface area contributed by atoms with Crippen LogP contribution in [-0.2, 0) is 4.79 Å². The number of hydrogen-bond donors (Lipinski definition) is 3. The van der Waals surface area contributed by atoms with Crippen molar-refractivity contribution in [1.29, 1.82) is 0 Å². The van der Waals surface area contributed by atoms with Crippen molar-refractivity contribution in [3.05, 3.63) is 12.2 Å². The van der Waals surface area contributed by atoms with Crippen LogP contribution in [0.25, 0.3) is 0 Å². The molecule has 0 saturated heterocycles. The van der Waals surface area contributed by atoms with E-state index in [2.05, 4.69) is 19.1 Å². The lowest BCUT2D eigenvalue weighted by atomic mass is 9.95. The molecule has 26 heavy (non-hydrogen) atoms. The summed E-state index contributed by atoms with van der Waals surface area (Å²) in [7, 11) is 0. The topological polar surface area (TPSA) is 77.8 Å². The minimum absolute atomic E-state index is 0.149. The lowest BCUT2D eigenvalue weighted by molar-refractivity contribution is -0.142. The maximum absolute atomic E-state index is 11.2. The number of rotatable bonds is 19. The molecule has 0 heterocycles. The smallest absolute Gasteiger partial charge is 0.306 e. The van der Waals surface area contributed by atoms with Gasteiger partial charge in [-0.25, -0.2) is 0 Å². The minimum atomic E-state index is -0.695. The molecule has 4 nitrogen and oxygen atoms in total. The van der Waals surface area contributed by atoms with Crippen molar-refractivity contribution >= 4 is 5.97 Å². The summed E-state index contributed by atoms with van der Waals surface area (Å²) in [6.45, 7) is 2.35. The van der Waals surface area contributed by atoms with Crippen LogP contribution in [0.4, 0.5) is 0 Å². The fraction of sp³-hybridized carbons (Fsp3) is 0.864. The first kappa shape index (κ1) is 25.1. The highest BCUT2D eigenvalue weighted by Crippen LogP contribution is 2.18. The summed E-state index contributed by atoms with van der Waals surface area (Å²) in [4.78, 5) is 11.2. The quantitative estimate of drug-likeness (QED) is 0.208. The Labute approximate surface area is 160 Å². The van der Waals surface area contributed by atoms with E-state index in [0.717, 1.165) is 64.2 Å². The Morgan fingerprint density at radius 1 is 0.846 bits per heavy atom. The van der Waals surface area contributed by atoms with E-state index >= 15 is 0 Å². The second-order valence-electron chi connectivity index (χ2n) is 7.46. The van der Waals surface area contributed by atoms with Crippen molar-refractivity contribution in [3.8, 4) is 0 Å². The van der Waals surface area contributed by atoms with Gasteiger partial charge >= 0.3 is 5.97 Å². The summed E-state index contributed by atoms with van der Waals surface area (Å²) in [5.41, 5.74) is 0. The number of hydrogen-bond acceptors (Lipinski definition) is 3. The zero-order valence-corrected chi connectivity index (χ0v) is 16.9. The van der Waals surface area contributed by atoms with Gasteiger partial charge in [0.25, 0.3) is 0 Å². The first-order chi connectivity index (χ1) is 12.6. The van der Waals surface area contributed by atoms with Gasteiger partial charge in [0, 0.05) is 6.61 Å². The lowest BCUT2D eigenvalue weighted by Gasteiger charge is -2.11. The lowest BCUT2D eigenvalue weighted by Crippen LogP contribution is -2.13. The maximum Gasteiger partial charge on any atom is 0.306 e. The van der Waals surface area contributed by atoms with E-state index < -0.39 is 5.97 Å². The Hall–Kier alpha value is -0.870. The Morgan fingerprint density at radius 2 is 1.46 bits per heavy atom. The largest absolute Gasteiger partial charge is 0.481 e. The fourth-order valence-electron chi connectivity index (χ4n) is 3.20. The Balaban J connectivity index is 3.54. The fourth-order valence-corrected chi connectivity index (χ4v) is 3.20. The van der Waals surface area contributed by atoms with Crippen molar-refractivity contribution in [2.24, 2.45) is 5.92 Å². The van der Waals surface area contributed by atoms with E-state index in [9.17, 15) is 15.0 Å². The van der Waals surface area contributed by atoms with Gasteiger partial charge in [-0.05, 0) is 44.9 Å². The number of aliphatic hydroxyl groups excluding tert-OH is 2. The number of carbonyl (C=O) groups is 1. The molecule has 0 aliphatic heterocycles. The molecule has 0 bridgehead atoms. The zero-order valence-electron chi connectivity index (χ0n) is 16.9. The standard InChI is InChI=1S/C22H42O4/c1-2-3-4-11-17-21(24)18-12-9-7-5-6-8-10-15-20(22(25)26)16-13-14-19-23/h9,12,20-21,23-24H,2-8,10-11,13-19H2,1H3,(H,25,26)/b12-9-/t20?,21-/m1/s1. The summed E-state index contributed by atoms with van der Waals surface area (Å²) in [5.74, 6) is -0.945. The third-order valence-electron chi connectivity index (χ3n) is 4.95. The molecule has 0 radical (unpaired) electrons. The molecule has 3 N–H and O–H groups in total. The molecule has 0 aliphatic carbocycles. The second-order valence-corrected chi connectivity index (χ2v) is 7.46. The summed E-state index contributed by atoms with van der Waals surface area (Å²) < 4.78 is 0. The normalized spacial score (nSPS) is 14.0. The van der Waals surface area contributed by atoms with E-state index in [4.69, 9.17) is 5.11 Å². The SMILES string of the molecule is CCCCCC[C@@H](O)C/C=C\CCCCCCC(CCCCO)C(=O)O. The van der Waals surface area contributed by atoms with Gasteiger partial charge in [-0.3, -0.25) is 4.79 Å².